The molecule has 0 saturated carbocycles. The lowest BCUT2D eigenvalue weighted by Gasteiger charge is -2.16. The molecule has 0 amide bonds. The summed E-state index contributed by atoms with van der Waals surface area (Å²) in [5, 5.41) is 8.87. The van der Waals surface area contributed by atoms with Crippen molar-refractivity contribution < 1.29 is 4.42 Å². The summed E-state index contributed by atoms with van der Waals surface area (Å²) in [7, 11) is 0. The molecule has 2 aromatic heterocycles. The van der Waals surface area contributed by atoms with Gasteiger partial charge in [0.05, 0.1) is 12.8 Å². The second kappa shape index (κ2) is 8.52. The molecule has 2 heterocycles. The Labute approximate surface area is 130 Å². The Hall–Kier alpha value is -1.75. The third kappa shape index (κ3) is 5.63. The fourth-order valence-corrected chi connectivity index (χ4v) is 2.43. The molecule has 0 bridgehead atoms. The summed E-state index contributed by atoms with van der Waals surface area (Å²) in [5.41, 5.74) is 0. The third-order valence-electron chi connectivity index (χ3n) is 3.21. The number of rotatable bonds is 7. The minimum Gasteiger partial charge on any atom is -0.469 e. The van der Waals surface area contributed by atoms with Crippen molar-refractivity contribution in [2.24, 2.45) is 4.99 Å². The van der Waals surface area contributed by atoms with Crippen molar-refractivity contribution in [3.8, 4) is 0 Å². The summed E-state index contributed by atoms with van der Waals surface area (Å²) in [5.74, 6) is 1.85. The number of guanidine groups is 1. The van der Waals surface area contributed by atoms with Crippen LogP contribution < -0.4 is 10.6 Å². The van der Waals surface area contributed by atoms with Gasteiger partial charge in [0.2, 0.25) is 0 Å². The summed E-state index contributed by atoms with van der Waals surface area (Å²) in [6.07, 6.45) is 3.63. The number of thiophene rings is 1. The largest absolute Gasteiger partial charge is 0.469 e. The molecule has 0 radical (unpaired) electrons. The zero-order valence-electron chi connectivity index (χ0n) is 12.6. The zero-order valence-corrected chi connectivity index (χ0v) is 13.5. The van der Waals surface area contributed by atoms with Gasteiger partial charge in [0.1, 0.15) is 5.76 Å². The molecule has 0 aliphatic rings. The number of hydrogen-bond acceptors (Lipinski definition) is 3. The normalized spacial score (nSPS) is 13.1. The second-order valence-corrected chi connectivity index (χ2v) is 5.99. The van der Waals surface area contributed by atoms with Crippen LogP contribution in [0.3, 0.4) is 0 Å². The molecule has 0 aromatic carbocycles. The van der Waals surface area contributed by atoms with E-state index in [1.54, 1.807) is 17.6 Å². The molecule has 0 spiro atoms. The highest BCUT2D eigenvalue weighted by Gasteiger charge is 2.04. The Kier molecular flexibility index (Phi) is 6.34. The summed E-state index contributed by atoms with van der Waals surface area (Å²) in [4.78, 5) is 5.92. The van der Waals surface area contributed by atoms with Crippen molar-refractivity contribution in [3.05, 3.63) is 46.5 Å². The van der Waals surface area contributed by atoms with Gasteiger partial charge in [-0.25, -0.2) is 4.99 Å². The molecule has 0 fully saturated rings. The van der Waals surface area contributed by atoms with Gasteiger partial charge in [-0.15, -0.1) is 11.3 Å². The van der Waals surface area contributed by atoms with Gasteiger partial charge in [0.15, 0.2) is 5.96 Å². The Morgan fingerprint density at radius 2 is 2.29 bits per heavy atom. The van der Waals surface area contributed by atoms with Crippen LogP contribution >= 0.6 is 11.3 Å². The molecular formula is C16H23N3OS. The highest BCUT2D eigenvalue weighted by atomic mass is 32.1. The van der Waals surface area contributed by atoms with E-state index >= 15 is 0 Å². The lowest BCUT2D eigenvalue weighted by atomic mass is 10.3. The van der Waals surface area contributed by atoms with E-state index in [0.29, 0.717) is 12.6 Å². The smallest absolute Gasteiger partial charge is 0.191 e. The van der Waals surface area contributed by atoms with Crippen LogP contribution in [0, 0.1) is 0 Å². The molecule has 2 rings (SSSR count). The van der Waals surface area contributed by atoms with Crippen molar-refractivity contribution in [3.63, 3.8) is 0 Å². The van der Waals surface area contributed by atoms with Gasteiger partial charge in [0, 0.05) is 23.9 Å². The summed E-state index contributed by atoms with van der Waals surface area (Å²) in [6, 6.07) is 8.48. The van der Waals surface area contributed by atoms with Crippen LogP contribution in [-0.2, 0) is 13.0 Å². The van der Waals surface area contributed by atoms with Crippen LogP contribution in [0.4, 0.5) is 0 Å². The molecular weight excluding hydrogens is 282 g/mol. The Bertz CT molecular complexity index is 520. The second-order valence-electron chi connectivity index (χ2n) is 4.95. The lowest BCUT2D eigenvalue weighted by Crippen LogP contribution is -2.42. The van der Waals surface area contributed by atoms with Crippen LogP contribution in [0.2, 0.25) is 0 Å². The molecule has 0 saturated heterocycles. The van der Waals surface area contributed by atoms with Gasteiger partial charge >= 0.3 is 0 Å². The number of hydrogen-bond donors (Lipinski definition) is 2. The molecule has 0 aliphatic carbocycles. The van der Waals surface area contributed by atoms with E-state index in [0.717, 1.165) is 31.1 Å². The van der Waals surface area contributed by atoms with Crippen LogP contribution in [0.5, 0.6) is 0 Å². The minimum absolute atomic E-state index is 0.406. The Morgan fingerprint density at radius 1 is 1.38 bits per heavy atom. The first-order valence-electron chi connectivity index (χ1n) is 7.37. The molecule has 4 nitrogen and oxygen atoms in total. The van der Waals surface area contributed by atoms with Gasteiger partial charge < -0.3 is 15.1 Å². The van der Waals surface area contributed by atoms with Crippen molar-refractivity contribution in [2.75, 3.05) is 6.54 Å². The first-order chi connectivity index (χ1) is 10.3. The van der Waals surface area contributed by atoms with Crippen LogP contribution in [-0.4, -0.2) is 18.5 Å². The van der Waals surface area contributed by atoms with Crippen LogP contribution in [0.1, 0.15) is 30.9 Å². The minimum atomic E-state index is 0.406. The predicted molar refractivity (Wildman–Crippen MR) is 88.8 cm³/mol. The average molecular weight is 305 g/mol. The summed E-state index contributed by atoms with van der Waals surface area (Å²) < 4.78 is 5.34. The van der Waals surface area contributed by atoms with Crippen molar-refractivity contribution in [2.45, 2.75) is 39.3 Å². The number of furan rings is 1. The number of nitrogens with one attached hydrogen (secondary N) is 2. The Balaban J connectivity index is 1.86. The maximum Gasteiger partial charge on any atom is 0.191 e. The molecule has 5 heteroatoms. The highest BCUT2D eigenvalue weighted by Crippen LogP contribution is 2.09. The molecule has 1 unspecified atom stereocenters. The zero-order chi connectivity index (χ0) is 14.9. The van der Waals surface area contributed by atoms with Crippen molar-refractivity contribution >= 4 is 17.3 Å². The summed E-state index contributed by atoms with van der Waals surface area (Å²) >= 11 is 1.73. The van der Waals surface area contributed by atoms with E-state index in [1.807, 2.05) is 12.1 Å². The third-order valence-corrected chi connectivity index (χ3v) is 4.07. The van der Waals surface area contributed by atoms with E-state index in [9.17, 15) is 0 Å². The van der Waals surface area contributed by atoms with Crippen molar-refractivity contribution in [1.29, 1.82) is 0 Å². The quantitative estimate of drug-likeness (QED) is 0.609. The van der Waals surface area contributed by atoms with E-state index in [2.05, 4.69) is 47.0 Å². The molecule has 1 atom stereocenters. The van der Waals surface area contributed by atoms with Gasteiger partial charge in [-0.3, -0.25) is 0 Å². The van der Waals surface area contributed by atoms with Gasteiger partial charge in [0.25, 0.3) is 0 Å². The standard InChI is InChI=1S/C16H23N3OS/c1-3-13(2)19-16(18-12-15-7-5-11-21-15)17-9-8-14-6-4-10-20-14/h4-7,10-11,13H,3,8-9,12H2,1-2H3,(H2,17,18,19). The SMILES string of the molecule is CCC(C)NC(=NCc1cccs1)NCCc1ccco1. The average Bonchev–Trinajstić information content (AvgIpc) is 3.17. The maximum absolute atomic E-state index is 5.34. The maximum atomic E-state index is 5.34. The van der Waals surface area contributed by atoms with E-state index in [1.165, 1.54) is 4.88 Å². The van der Waals surface area contributed by atoms with E-state index in [-0.39, 0.29) is 0 Å². The van der Waals surface area contributed by atoms with Gasteiger partial charge in [-0.1, -0.05) is 13.0 Å². The van der Waals surface area contributed by atoms with E-state index < -0.39 is 0 Å². The topological polar surface area (TPSA) is 49.6 Å². The monoisotopic (exact) mass is 305 g/mol. The molecule has 21 heavy (non-hydrogen) atoms. The predicted octanol–water partition coefficient (Wildman–Crippen LogP) is 3.42. The van der Waals surface area contributed by atoms with Crippen LogP contribution in [0.25, 0.3) is 0 Å². The first kappa shape index (κ1) is 15.6. The molecule has 2 N–H and O–H groups in total. The van der Waals surface area contributed by atoms with Gasteiger partial charge in [-0.05, 0) is 36.9 Å². The van der Waals surface area contributed by atoms with Crippen molar-refractivity contribution in [1.82, 2.24) is 10.6 Å². The molecule has 114 valence electrons. The first-order valence-corrected chi connectivity index (χ1v) is 8.25. The Morgan fingerprint density at radius 3 is 2.95 bits per heavy atom. The highest BCUT2D eigenvalue weighted by molar-refractivity contribution is 7.09. The van der Waals surface area contributed by atoms with E-state index in [4.69, 9.17) is 4.42 Å². The fourth-order valence-electron chi connectivity index (χ4n) is 1.81. The fraction of sp³-hybridized carbons (Fsp3) is 0.438. The van der Waals surface area contributed by atoms with Crippen LogP contribution in [0.15, 0.2) is 45.3 Å². The molecule has 0 aliphatic heterocycles. The number of aliphatic imine (C=N–C) groups is 1. The summed E-state index contributed by atoms with van der Waals surface area (Å²) in [6.45, 7) is 5.84. The number of nitrogens with zero attached hydrogens (tertiary/aromatic N) is 1. The van der Waals surface area contributed by atoms with Gasteiger partial charge in [-0.2, -0.15) is 0 Å². The molecule has 2 aromatic rings. The lowest BCUT2D eigenvalue weighted by molar-refractivity contribution is 0.506.